The SMILES string of the molecule is CCc1ncc(/C=C2\C(=O)Nc3cccc(S(=O)(=O)N4CCCNCC4)c32)[nH]1. The zero-order valence-corrected chi connectivity index (χ0v) is 16.5. The summed E-state index contributed by atoms with van der Waals surface area (Å²) in [4.78, 5) is 20.1. The first-order chi connectivity index (χ1) is 13.5. The smallest absolute Gasteiger partial charge is 0.256 e. The molecule has 148 valence electrons. The molecule has 2 aliphatic rings. The van der Waals surface area contributed by atoms with Crippen LogP contribution in [0.4, 0.5) is 5.69 Å². The highest BCUT2D eigenvalue weighted by Gasteiger charge is 2.34. The summed E-state index contributed by atoms with van der Waals surface area (Å²) < 4.78 is 28.2. The van der Waals surface area contributed by atoms with E-state index in [4.69, 9.17) is 0 Å². The molecule has 1 aromatic carbocycles. The van der Waals surface area contributed by atoms with Gasteiger partial charge in [-0.05, 0) is 31.2 Å². The van der Waals surface area contributed by atoms with Crippen LogP contribution in [-0.2, 0) is 21.2 Å². The number of aryl methyl sites for hydroxylation is 1. The average molecular weight is 401 g/mol. The van der Waals surface area contributed by atoms with E-state index in [-0.39, 0.29) is 10.8 Å². The van der Waals surface area contributed by atoms with E-state index >= 15 is 0 Å². The minimum atomic E-state index is -3.72. The van der Waals surface area contributed by atoms with E-state index in [1.54, 1.807) is 30.5 Å². The summed E-state index contributed by atoms with van der Waals surface area (Å²) in [7, 11) is -3.72. The van der Waals surface area contributed by atoms with Gasteiger partial charge in [0.05, 0.1) is 28.0 Å². The lowest BCUT2D eigenvalue weighted by atomic mass is 10.1. The summed E-state index contributed by atoms with van der Waals surface area (Å²) in [5, 5.41) is 5.99. The van der Waals surface area contributed by atoms with Crippen molar-refractivity contribution in [2.24, 2.45) is 0 Å². The number of H-pyrrole nitrogens is 1. The summed E-state index contributed by atoms with van der Waals surface area (Å²) in [5.41, 5.74) is 1.94. The van der Waals surface area contributed by atoms with Gasteiger partial charge in [0.15, 0.2) is 0 Å². The summed E-state index contributed by atoms with van der Waals surface area (Å²) >= 11 is 0. The fourth-order valence-corrected chi connectivity index (χ4v) is 5.26. The van der Waals surface area contributed by atoms with E-state index in [1.807, 2.05) is 6.92 Å². The van der Waals surface area contributed by atoms with Crippen molar-refractivity contribution < 1.29 is 13.2 Å². The number of nitrogens with one attached hydrogen (secondary N) is 3. The van der Waals surface area contributed by atoms with Gasteiger partial charge in [-0.1, -0.05) is 13.0 Å². The maximum atomic E-state index is 13.4. The third-order valence-electron chi connectivity index (χ3n) is 4.99. The quantitative estimate of drug-likeness (QED) is 0.672. The van der Waals surface area contributed by atoms with E-state index in [2.05, 4.69) is 20.6 Å². The van der Waals surface area contributed by atoms with E-state index in [9.17, 15) is 13.2 Å². The first-order valence-electron chi connectivity index (χ1n) is 9.42. The number of nitrogens with zero attached hydrogens (tertiary/aromatic N) is 2. The molecule has 28 heavy (non-hydrogen) atoms. The van der Waals surface area contributed by atoms with Crippen molar-refractivity contribution in [1.29, 1.82) is 0 Å². The molecule has 0 unspecified atom stereocenters. The van der Waals surface area contributed by atoms with Crippen LogP contribution in [0.2, 0.25) is 0 Å². The molecule has 1 amide bonds. The Labute approximate surface area is 164 Å². The zero-order valence-electron chi connectivity index (χ0n) is 15.7. The number of rotatable bonds is 4. The van der Waals surface area contributed by atoms with Gasteiger partial charge in [0.25, 0.3) is 5.91 Å². The minimum Gasteiger partial charge on any atom is -0.342 e. The molecule has 3 heterocycles. The largest absolute Gasteiger partial charge is 0.342 e. The predicted octanol–water partition coefficient (Wildman–Crippen LogP) is 1.45. The van der Waals surface area contributed by atoms with Gasteiger partial charge in [-0.15, -0.1) is 0 Å². The Hall–Kier alpha value is -2.49. The Kier molecular flexibility index (Phi) is 5.05. The zero-order chi connectivity index (χ0) is 19.7. The molecule has 8 nitrogen and oxygen atoms in total. The number of hydrogen-bond donors (Lipinski definition) is 3. The normalized spacial score (nSPS) is 19.5. The Morgan fingerprint density at radius 2 is 2.11 bits per heavy atom. The Morgan fingerprint density at radius 1 is 1.25 bits per heavy atom. The van der Waals surface area contributed by atoms with Crippen molar-refractivity contribution >= 4 is 33.3 Å². The summed E-state index contributed by atoms with van der Waals surface area (Å²) in [5.74, 6) is 0.492. The number of benzene rings is 1. The molecule has 2 aromatic rings. The van der Waals surface area contributed by atoms with E-state index in [0.717, 1.165) is 25.2 Å². The second kappa shape index (κ2) is 7.50. The lowest BCUT2D eigenvalue weighted by molar-refractivity contribution is -0.110. The second-order valence-electron chi connectivity index (χ2n) is 6.84. The maximum absolute atomic E-state index is 13.4. The number of hydrogen-bond acceptors (Lipinski definition) is 5. The number of aromatic amines is 1. The number of imidazole rings is 1. The third kappa shape index (κ3) is 3.36. The Bertz CT molecular complexity index is 1030. The molecule has 0 spiro atoms. The molecular formula is C19H23N5O3S. The van der Waals surface area contributed by atoms with Crippen molar-refractivity contribution in [3.8, 4) is 0 Å². The highest BCUT2D eigenvalue weighted by Crippen LogP contribution is 2.38. The Balaban J connectivity index is 1.80. The van der Waals surface area contributed by atoms with Crippen molar-refractivity contribution in [1.82, 2.24) is 19.6 Å². The van der Waals surface area contributed by atoms with Crippen LogP contribution in [0, 0.1) is 0 Å². The van der Waals surface area contributed by atoms with Crippen LogP contribution in [0.3, 0.4) is 0 Å². The van der Waals surface area contributed by atoms with Gasteiger partial charge in [0.1, 0.15) is 5.82 Å². The van der Waals surface area contributed by atoms with Gasteiger partial charge in [-0.25, -0.2) is 13.4 Å². The van der Waals surface area contributed by atoms with E-state index in [1.165, 1.54) is 4.31 Å². The van der Waals surface area contributed by atoms with Crippen LogP contribution >= 0.6 is 0 Å². The highest BCUT2D eigenvalue weighted by molar-refractivity contribution is 7.89. The fraction of sp³-hybridized carbons (Fsp3) is 0.368. The van der Waals surface area contributed by atoms with E-state index in [0.29, 0.717) is 42.2 Å². The summed E-state index contributed by atoms with van der Waals surface area (Å²) in [6, 6.07) is 4.96. The van der Waals surface area contributed by atoms with Gasteiger partial charge >= 0.3 is 0 Å². The van der Waals surface area contributed by atoms with Crippen molar-refractivity contribution in [3.63, 3.8) is 0 Å². The van der Waals surface area contributed by atoms with Gasteiger partial charge < -0.3 is 15.6 Å². The molecule has 3 N–H and O–H groups in total. The molecule has 0 radical (unpaired) electrons. The van der Waals surface area contributed by atoms with Crippen molar-refractivity contribution in [2.75, 3.05) is 31.5 Å². The van der Waals surface area contributed by atoms with Gasteiger partial charge in [0, 0.05) is 31.6 Å². The molecule has 0 atom stereocenters. The second-order valence-corrected chi connectivity index (χ2v) is 8.74. The lowest BCUT2D eigenvalue weighted by Crippen LogP contribution is -2.34. The number of aromatic nitrogens is 2. The molecule has 1 aromatic heterocycles. The number of anilines is 1. The molecule has 0 saturated carbocycles. The molecule has 4 rings (SSSR count). The number of sulfonamides is 1. The van der Waals surface area contributed by atoms with E-state index < -0.39 is 10.0 Å². The minimum absolute atomic E-state index is 0.159. The topological polar surface area (TPSA) is 107 Å². The van der Waals surface area contributed by atoms with Crippen LogP contribution in [0.15, 0.2) is 29.3 Å². The molecule has 0 bridgehead atoms. The fourth-order valence-electron chi connectivity index (χ4n) is 3.56. The van der Waals surface area contributed by atoms with Crippen LogP contribution in [0.1, 0.15) is 30.4 Å². The van der Waals surface area contributed by atoms with Crippen LogP contribution in [-0.4, -0.2) is 54.8 Å². The molecule has 1 fully saturated rings. The molecular weight excluding hydrogens is 378 g/mol. The van der Waals surface area contributed by atoms with Gasteiger partial charge in [-0.2, -0.15) is 4.31 Å². The molecule has 1 saturated heterocycles. The lowest BCUT2D eigenvalue weighted by Gasteiger charge is -2.21. The summed E-state index contributed by atoms with van der Waals surface area (Å²) in [6.45, 7) is 4.26. The van der Waals surface area contributed by atoms with Crippen molar-refractivity contribution in [2.45, 2.75) is 24.7 Å². The monoisotopic (exact) mass is 401 g/mol. The van der Waals surface area contributed by atoms with Crippen LogP contribution < -0.4 is 10.6 Å². The average Bonchev–Trinajstić information content (AvgIpc) is 3.14. The van der Waals surface area contributed by atoms with Crippen molar-refractivity contribution in [3.05, 3.63) is 41.5 Å². The third-order valence-corrected chi connectivity index (χ3v) is 6.93. The van der Waals surface area contributed by atoms with Gasteiger partial charge in [-0.3, -0.25) is 4.79 Å². The number of fused-ring (bicyclic) bond motifs is 1. The standard InChI is InChI=1S/C19H23N5O3S/c1-2-17-21-12-13(22-17)11-14-18-15(23-19(14)25)5-3-6-16(18)28(26,27)24-9-4-7-20-8-10-24/h3,5-6,11-12,20H,2,4,7-10H2,1H3,(H,21,22)(H,23,25)/b14-11-. The highest BCUT2D eigenvalue weighted by atomic mass is 32.2. The first-order valence-corrected chi connectivity index (χ1v) is 10.9. The maximum Gasteiger partial charge on any atom is 0.256 e. The summed E-state index contributed by atoms with van der Waals surface area (Å²) in [6.07, 6.45) is 4.81. The number of amides is 1. The van der Waals surface area contributed by atoms with Crippen LogP contribution in [0.5, 0.6) is 0 Å². The molecule has 2 aliphatic heterocycles. The number of carbonyl (C=O) groups is 1. The first kappa shape index (κ1) is 18.9. The molecule has 9 heteroatoms. The van der Waals surface area contributed by atoms with Crippen LogP contribution in [0.25, 0.3) is 11.6 Å². The molecule has 0 aliphatic carbocycles. The Morgan fingerprint density at radius 3 is 2.89 bits per heavy atom. The predicted molar refractivity (Wildman–Crippen MR) is 107 cm³/mol. The number of carbonyl (C=O) groups excluding carboxylic acids is 1. The van der Waals surface area contributed by atoms with Gasteiger partial charge in [0.2, 0.25) is 10.0 Å².